The van der Waals surface area contributed by atoms with Gasteiger partial charge in [-0.15, -0.1) is 11.6 Å². The van der Waals surface area contributed by atoms with Gasteiger partial charge in [0, 0.05) is 10.4 Å². The van der Waals surface area contributed by atoms with Gasteiger partial charge < -0.3 is 0 Å². The molecular formula is C18H22Cl2. The highest BCUT2D eigenvalue weighted by molar-refractivity contribution is 6.35. The van der Waals surface area contributed by atoms with E-state index in [9.17, 15) is 0 Å². The third kappa shape index (κ3) is 3.30. The zero-order valence-electron chi connectivity index (χ0n) is 12.6. The molecular weight excluding hydrogens is 287 g/mol. The van der Waals surface area contributed by atoms with Crippen molar-refractivity contribution in [1.29, 1.82) is 0 Å². The topological polar surface area (TPSA) is 0 Å². The molecule has 2 rings (SSSR count). The van der Waals surface area contributed by atoms with Gasteiger partial charge in [0.2, 0.25) is 0 Å². The van der Waals surface area contributed by atoms with Crippen LogP contribution in [0.15, 0.2) is 36.4 Å². The maximum atomic E-state index is 6.70. The molecule has 108 valence electrons. The zero-order valence-corrected chi connectivity index (χ0v) is 14.1. The molecule has 2 heteroatoms. The van der Waals surface area contributed by atoms with Crippen LogP contribution in [0.2, 0.25) is 5.02 Å². The smallest absolute Gasteiger partial charge is 0.0594 e. The fourth-order valence-corrected chi connectivity index (χ4v) is 3.04. The molecule has 0 saturated heterocycles. The van der Waals surface area contributed by atoms with Gasteiger partial charge in [0.25, 0.3) is 0 Å². The number of alkyl halides is 1. The van der Waals surface area contributed by atoms with Crippen molar-refractivity contribution in [3.05, 3.63) is 47.0 Å². The van der Waals surface area contributed by atoms with Crippen molar-refractivity contribution in [3.8, 4) is 0 Å². The fraction of sp³-hybridized carbons (Fsp3) is 0.444. The van der Waals surface area contributed by atoms with E-state index in [1.165, 1.54) is 10.9 Å². The first-order valence-corrected chi connectivity index (χ1v) is 7.93. The highest BCUT2D eigenvalue weighted by Crippen LogP contribution is 2.39. The summed E-state index contributed by atoms with van der Waals surface area (Å²) in [6, 6.07) is 12.2. The molecule has 20 heavy (non-hydrogen) atoms. The Balaban J connectivity index is 2.36. The van der Waals surface area contributed by atoms with Crippen molar-refractivity contribution in [1.82, 2.24) is 0 Å². The van der Waals surface area contributed by atoms with E-state index in [0.717, 1.165) is 16.8 Å². The molecule has 2 aromatic carbocycles. The minimum absolute atomic E-state index is 0.0198. The summed E-state index contributed by atoms with van der Waals surface area (Å²) >= 11 is 13.0. The van der Waals surface area contributed by atoms with E-state index in [-0.39, 0.29) is 10.8 Å². The van der Waals surface area contributed by atoms with Crippen LogP contribution in [0, 0.1) is 11.3 Å². The third-order valence-corrected chi connectivity index (χ3v) is 5.02. The zero-order chi connectivity index (χ0) is 14.9. The predicted molar refractivity (Wildman–Crippen MR) is 90.8 cm³/mol. The molecule has 2 atom stereocenters. The first-order valence-electron chi connectivity index (χ1n) is 7.12. The summed E-state index contributed by atoms with van der Waals surface area (Å²) in [7, 11) is 0. The molecule has 2 aromatic rings. The Morgan fingerprint density at radius 1 is 1.00 bits per heavy atom. The van der Waals surface area contributed by atoms with Crippen molar-refractivity contribution in [2.75, 3.05) is 0 Å². The summed E-state index contributed by atoms with van der Waals surface area (Å²) in [5.74, 6) is 0.555. The quantitative estimate of drug-likeness (QED) is 0.544. The number of hydrogen-bond acceptors (Lipinski definition) is 0. The molecule has 0 aliphatic rings. The Kier molecular flexibility index (Phi) is 4.66. The van der Waals surface area contributed by atoms with E-state index < -0.39 is 0 Å². The van der Waals surface area contributed by atoms with E-state index in [2.05, 4.69) is 45.9 Å². The van der Waals surface area contributed by atoms with Crippen LogP contribution in [0.4, 0.5) is 0 Å². The van der Waals surface area contributed by atoms with Crippen LogP contribution >= 0.6 is 23.2 Å². The number of hydrogen-bond donors (Lipinski definition) is 0. The monoisotopic (exact) mass is 308 g/mol. The first-order chi connectivity index (χ1) is 9.30. The second-order valence-corrected chi connectivity index (χ2v) is 7.59. The van der Waals surface area contributed by atoms with Crippen molar-refractivity contribution in [3.63, 3.8) is 0 Å². The van der Waals surface area contributed by atoms with Crippen LogP contribution in [0.25, 0.3) is 10.8 Å². The second kappa shape index (κ2) is 5.95. The molecule has 0 spiro atoms. The Morgan fingerprint density at radius 2 is 1.60 bits per heavy atom. The molecule has 0 saturated carbocycles. The van der Waals surface area contributed by atoms with Crippen molar-refractivity contribution in [2.45, 2.75) is 39.5 Å². The molecule has 0 bridgehead atoms. The second-order valence-electron chi connectivity index (χ2n) is 6.65. The molecule has 0 aliphatic heterocycles. The lowest BCUT2D eigenvalue weighted by Gasteiger charge is -2.29. The lowest BCUT2D eigenvalue weighted by Crippen LogP contribution is -2.18. The summed E-state index contributed by atoms with van der Waals surface area (Å²) in [4.78, 5) is 0. The molecule has 0 fully saturated rings. The molecule has 0 amide bonds. The van der Waals surface area contributed by atoms with E-state index in [0.29, 0.717) is 5.92 Å². The van der Waals surface area contributed by atoms with Gasteiger partial charge in [-0.1, -0.05) is 69.6 Å². The summed E-state index contributed by atoms with van der Waals surface area (Å²) in [5.41, 5.74) is 1.46. The largest absolute Gasteiger partial charge is 0.118 e. The molecule has 0 heterocycles. The van der Waals surface area contributed by atoms with Gasteiger partial charge in [-0.05, 0) is 34.8 Å². The summed E-state index contributed by atoms with van der Waals surface area (Å²) in [6.07, 6.45) is 0.969. The normalized spacial score (nSPS) is 15.3. The van der Waals surface area contributed by atoms with Crippen LogP contribution in [-0.4, -0.2) is 0 Å². The number of fused-ring (bicyclic) bond motifs is 1. The maximum Gasteiger partial charge on any atom is 0.0594 e. The standard InChI is InChI=1S/C18H22Cl2/c1-12(18(2,3)4)11-17(20)15-9-10-16(19)14-8-6-5-7-13(14)15/h5-10,12,17H,11H2,1-4H3. The van der Waals surface area contributed by atoms with Gasteiger partial charge in [-0.2, -0.15) is 0 Å². The summed E-state index contributed by atoms with van der Waals surface area (Å²) in [6.45, 7) is 9.07. The Hall–Kier alpha value is -0.720. The molecule has 0 nitrogen and oxygen atoms in total. The van der Waals surface area contributed by atoms with Crippen LogP contribution < -0.4 is 0 Å². The van der Waals surface area contributed by atoms with Crippen LogP contribution in [-0.2, 0) is 0 Å². The van der Waals surface area contributed by atoms with E-state index >= 15 is 0 Å². The van der Waals surface area contributed by atoms with Crippen molar-refractivity contribution < 1.29 is 0 Å². The molecule has 2 unspecified atom stereocenters. The van der Waals surface area contributed by atoms with E-state index in [1.54, 1.807) is 0 Å². The minimum atomic E-state index is 0.0198. The van der Waals surface area contributed by atoms with Gasteiger partial charge in [0.05, 0.1) is 5.38 Å². The van der Waals surface area contributed by atoms with Crippen molar-refractivity contribution in [2.24, 2.45) is 11.3 Å². The van der Waals surface area contributed by atoms with Crippen LogP contribution in [0.3, 0.4) is 0 Å². The Labute approximate surface area is 132 Å². The van der Waals surface area contributed by atoms with E-state index in [4.69, 9.17) is 23.2 Å². The van der Waals surface area contributed by atoms with E-state index in [1.807, 2.05) is 18.2 Å². The average Bonchev–Trinajstić information content (AvgIpc) is 2.38. The highest BCUT2D eigenvalue weighted by Gasteiger charge is 2.24. The van der Waals surface area contributed by atoms with Crippen LogP contribution in [0.5, 0.6) is 0 Å². The highest BCUT2D eigenvalue weighted by atomic mass is 35.5. The minimum Gasteiger partial charge on any atom is -0.118 e. The molecule has 0 radical (unpaired) electrons. The lowest BCUT2D eigenvalue weighted by atomic mass is 9.78. The van der Waals surface area contributed by atoms with Gasteiger partial charge >= 0.3 is 0 Å². The third-order valence-electron chi connectivity index (χ3n) is 4.28. The van der Waals surface area contributed by atoms with Crippen LogP contribution in [0.1, 0.15) is 45.1 Å². The number of halogens is 2. The first kappa shape index (κ1) is 15.7. The lowest BCUT2D eigenvalue weighted by molar-refractivity contribution is 0.245. The van der Waals surface area contributed by atoms with Gasteiger partial charge in [0.1, 0.15) is 0 Å². The van der Waals surface area contributed by atoms with Crippen molar-refractivity contribution >= 4 is 34.0 Å². The Morgan fingerprint density at radius 3 is 2.20 bits per heavy atom. The van der Waals surface area contributed by atoms with Gasteiger partial charge in [-0.3, -0.25) is 0 Å². The molecule has 0 aromatic heterocycles. The van der Waals surface area contributed by atoms with Gasteiger partial charge in [-0.25, -0.2) is 0 Å². The number of rotatable bonds is 3. The van der Waals surface area contributed by atoms with Gasteiger partial charge in [0.15, 0.2) is 0 Å². The summed E-state index contributed by atoms with van der Waals surface area (Å²) in [5, 5.41) is 3.06. The molecule has 0 N–H and O–H groups in total. The maximum absolute atomic E-state index is 6.70. The predicted octanol–water partition coefficient (Wildman–Crippen LogP) is 6.85. The SMILES string of the molecule is CC(CC(Cl)c1ccc(Cl)c2ccccc12)C(C)(C)C. The fourth-order valence-electron chi connectivity index (χ4n) is 2.35. The Bertz CT molecular complexity index is 596. The number of benzene rings is 2. The average molecular weight is 309 g/mol. The summed E-state index contributed by atoms with van der Waals surface area (Å²) < 4.78 is 0. The molecule has 0 aliphatic carbocycles.